The van der Waals surface area contributed by atoms with E-state index >= 15 is 0 Å². The second-order valence-electron chi connectivity index (χ2n) is 8.02. The lowest BCUT2D eigenvalue weighted by atomic mass is 9.92. The van der Waals surface area contributed by atoms with E-state index in [4.69, 9.17) is 4.52 Å². The highest BCUT2D eigenvalue weighted by Gasteiger charge is 2.20. The molecule has 8 nitrogen and oxygen atoms in total. The van der Waals surface area contributed by atoms with Crippen LogP contribution in [0.1, 0.15) is 37.9 Å². The van der Waals surface area contributed by atoms with Crippen molar-refractivity contribution in [2.75, 3.05) is 5.32 Å². The predicted molar refractivity (Wildman–Crippen MR) is 109 cm³/mol. The topological polar surface area (TPSA) is 98.7 Å². The zero-order valence-corrected chi connectivity index (χ0v) is 16.8. The lowest BCUT2D eigenvalue weighted by Gasteiger charge is -2.12. The standard InChI is InChI=1S/C21H22N6O2/c1-13-5-6-16-15(7-13)24-12-27(16)14-10-22-18(23-11-14)9-19(28)25-20-8-17(26-29-20)21(2,3)4/h5-8,10-12H,9H2,1-4H3,(H,25,28). The molecule has 0 atom stereocenters. The highest BCUT2D eigenvalue weighted by Crippen LogP contribution is 2.23. The highest BCUT2D eigenvalue weighted by molar-refractivity contribution is 5.90. The van der Waals surface area contributed by atoms with Gasteiger partial charge in [0.1, 0.15) is 12.2 Å². The maximum atomic E-state index is 12.3. The number of imidazole rings is 1. The summed E-state index contributed by atoms with van der Waals surface area (Å²) >= 11 is 0. The van der Waals surface area contributed by atoms with Crippen LogP contribution < -0.4 is 5.32 Å². The van der Waals surface area contributed by atoms with E-state index in [1.807, 2.05) is 50.5 Å². The van der Waals surface area contributed by atoms with Crippen LogP contribution in [-0.4, -0.2) is 30.6 Å². The minimum atomic E-state index is -0.266. The summed E-state index contributed by atoms with van der Waals surface area (Å²) in [7, 11) is 0. The van der Waals surface area contributed by atoms with Gasteiger partial charge in [-0.2, -0.15) is 0 Å². The molecule has 1 aromatic carbocycles. The van der Waals surface area contributed by atoms with Gasteiger partial charge in [-0.25, -0.2) is 15.0 Å². The minimum absolute atomic E-state index is 0.0374. The van der Waals surface area contributed by atoms with E-state index in [1.54, 1.807) is 24.8 Å². The number of benzene rings is 1. The number of aromatic nitrogens is 5. The van der Waals surface area contributed by atoms with Gasteiger partial charge in [0, 0.05) is 11.5 Å². The van der Waals surface area contributed by atoms with Crippen molar-refractivity contribution in [2.45, 2.75) is 39.5 Å². The molecule has 8 heteroatoms. The molecular formula is C21H22N6O2. The summed E-state index contributed by atoms with van der Waals surface area (Å²) in [5, 5.41) is 6.68. The molecule has 1 N–H and O–H groups in total. The molecule has 148 valence electrons. The van der Waals surface area contributed by atoms with Crippen LogP contribution in [0, 0.1) is 6.92 Å². The summed E-state index contributed by atoms with van der Waals surface area (Å²) in [6, 6.07) is 7.81. The Labute approximate surface area is 168 Å². The first kappa shape index (κ1) is 18.8. The molecule has 0 aliphatic carbocycles. The number of hydrogen-bond donors (Lipinski definition) is 1. The van der Waals surface area contributed by atoms with Crippen molar-refractivity contribution in [1.29, 1.82) is 0 Å². The molecule has 3 heterocycles. The SMILES string of the molecule is Cc1ccc2c(c1)ncn2-c1cnc(CC(=O)Nc2cc(C(C)(C)C)no2)nc1. The zero-order chi connectivity index (χ0) is 20.6. The molecule has 0 spiro atoms. The number of nitrogens with one attached hydrogen (secondary N) is 1. The first-order valence-corrected chi connectivity index (χ1v) is 9.32. The van der Waals surface area contributed by atoms with Gasteiger partial charge in [-0.3, -0.25) is 14.7 Å². The smallest absolute Gasteiger partial charge is 0.234 e. The van der Waals surface area contributed by atoms with E-state index in [-0.39, 0.29) is 17.7 Å². The minimum Gasteiger partial charge on any atom is -0.338 e. The molecule has 0 bridgehead atoms. The van der Waals surface area contributed by atoms with E-state index < -0.39 is 0 Å². The maximum absolute atomic E-state index is 12.3. The van der Waals surface area contributed by atoms with Gasteiger partial charge in [0.2, 0.25) is 11.8 Å². The van der Waals surface area contributed by atoms with Crippen LogP contribution in [0.2, 0.25) is 0 Å². The van der Waals surface area contributed by atoms with Crippen LogP contribution in [-0.2, 0) is 16.6 Å². The second kappa shape index (κ2) is 7.12. The first-order valence-electron chi connectivity index (χ1n) is 9.32. The Kier molecular flexibility index (Phi) is 4.62. The van der Waals surface area contributed by atoms with Gasteiger partial charge in [0.15, 0.2) is 0 Å². The van der Waals surface area contributed by atoms with Crippen molar-refractivity contribution in [3.8, 4) is 5.69 Å². The average molecular weight is 390 g/mol. The first-order chi connectivity index (χ1) is 13.8. The van der Waals surface area contributed by atoms with E-state index in [9.17, 15) is 4.79 Å². The Morgan fingerprint density at radius 3 is 2.59 bits per heavy atom. The molecule has 0 saturated carbocycles. The Bertz CT molecular complexity index is 1170. The van der Waals surface area contributed by atoms with Crippen molar-refractivity contribution in [1.82, 2.24) is 24.7 Å². The van der Waals surface area contributed by atoms with Crippen LogP contribution in [0.4, 0.5) is 5.88 Å². The summed E-state index contributed by atoms with van der Waals surface area (Å²) in [5.74, 6) is 0.469. The number of rotatable bonds is 4. The number of hydrogen-bond acceptors (Lipinski definition) is 6. The number of fused-ring (bicyclic) bond motifs is 1. The van der Waals surface area contributed by atoms with Crippen LogP contribution in [0.5, 0.6) is 0 Å². The molecule has 29 heavy (non-hydrogen) atoms. The third-order valence-electron chi connectivity index (χ3n) is 4.53. The van der Waals surface area contributed by atoms with E-state index in [1.165, 1.54) is 0 Å². The Morgan fingerprint density at radius 2 is 1.90 bits per heavy atom. The Balaban J connectivity index is 1.45. The molecule has 0 aliphatic heterocycles. The number of aryl methyl sites for hydroxylation is 1. The number of carbonyl (C=O) groups excluding carboxylic acids is 1. The fourth-order valence-corrected chi connectivity index (χ4v) is 2.90. The summed E-state index contributed by atoms with van der Waals surface area (Å²) in [6.07, 6.45) is 5.15. The quantitative estimate of drug-likeness (QED) is 0.572. The lowest BCUT2D eigenvalue weighted by Crippen LogP contribution is -2.16. The Morgan fingerprint density at radius 1 is 1.14 bits per heavy atom. The van der Waals surface area contributed by atoms with Crippen molar-refractivity contribution in [2.24, 2.45) is 0 Å². The third kappa shape index (κ3) is 4.01. The van der Waals surface area contributed by atoms with Gasteiger partial charge < -0.3 is 4.52 Å². The van der Waals surface area contributed by atoms with Crippen LogP contribution in [0.15, 0.2) is 47.5 Å². The average Bonchev–Trinajstić information content (AvgIpc) is 3.29. The monoisotopic (exact) mass is 390 g/mol. The van der Waals surface area contributed by atoms with Crippen molar-refractivity contribution >= 4 is 22.8 Å². The molecule has 0 unspecified atom stereocenters. The lowest BCUT2D eigenvalue weighted by molar-refractivity contribution is -0.115. The number of amides is 1. The highest BCUT2D eigenvalue weighted by atomic mass is 16.5. The van der Waals surface area contributed by atoms with Gasteiger partial charge >= 0.3 is 0 Å². The number of nitrogens with zero attached hydrogens (tertiary/aromatic N) is 5. The summed E-state index contributed by atoms with van der Waals surface area (Å²) in [4.78, 5) is 25.3. The second-order valence-corrected chi connectivity index (χ2v) is 8.02. The Hall–Kier alpha value is -3.55. The molecule has 0 fully saturated rings. The van der Waals surface area contributed by atoms with E-state index in [0.717, 1.165) is 28.0 Å². The molecule has 4 aromatic rings. The zero-order valence-electron chi connectivity index (χ0n) is 16.8. The molecule has 1 amide bonds. The number of anilines is 1. The fourth-order valence-electron chi connectivity index (χ4n) is 2.90. The van der Waals surface area contributed by atoms with Gasteiger partial charge in [-0.1, -0.05) is 32.0 Å². The fraction of sp³-hybridized carbons (Fsp3) is 0.286. The largest absolute Gasteiger partial charge is 0.338 e. The summed E-state index contributed by atoms with van der Waals surface area (Å²) in [6.45, 7) is 8.10. The van der Waals surface area contributed by atoms with E-state index in [2.05, 4.69) is 25.4 Å². The van der Waals surface area contributed by atoms with Gasteiger partial charge in [-0.05, 0) is 24.6 Å². The van der Waals surface area contributed by atoms with Crippen LogP contribution >= 0.6 is 0 Å². The summed E-state index contributed by atoms with van der Waals surface area (Å²) in [5.41, 5.74) is 4.45. The molecule has 4 rings (SSSR count). The molecule has 0 aliphatic rings. The van der Waals surface area contributed by atoms with Crippen molar-refractivity contribution in [3.63, 3.8) is 0 Å². The molecular weight excluding hydrogens is 368 g/mol. The number of carbonyl (C=O) groups is 1. The third-order valence-corrected chi connectivity index (χ3v) is 4.53. The molecule has 0 saturated heterocycles. The predicted octanol–water partition coefficient (Wildman–Crippen LogP) is 3.59. The normalized spacial score (nSPS) is 11.7. The van der Waals surface area contributed by atoms with Crippen molar-refractivity contribution in [3.05, 3.63) is 60.1 Å². The molecule has 3 aromatic heterocycles. The van der Waals surface area contributed by atoms with Crippen LogP contribution in [0.3, 0.4) is 0 Å². The van der Waals surface area contributed by atoms with Gasteiger partial charge in [0.05, 0.1) is 41.2 Å². The van der Waals surface area contributed by atoms with E-state index in [0.29, 0.717) is 11.7 Å². The van der Waals surface area contributed by atoms with Crippen molar-refractivity contribution < 1.29 is 9.32 Å². The van der Waals surface area contributed by atoms with Gasteiger partial charge in [-0.15, -0.1) is 0 Å². The molecule has 0 radical (unpaired) electrons. The van der Waals surface area contributed by atoms with Crippen LogP contribution in [0.25, 0.3) is 16.7 Å². The van der Waals surface area contributed by atoms with Gasteiger partial charge in [0.25, 0.3) is 0 Å². The summed E-state index contributed by atoms with van der Waals surface area (Å²) < 4.78 is 7.10. The maximum Gasteiger partial charge on any atom is 0.234 e.